The van der Waals surface area contributed by atoms with Gasteiger partial charge in [0.15, 0.2) is 6.61 Å². The SMILES string of the molecule is CCCCNC(=O)[C@H](CC)N(Cc1ccc(Cl)c(Cl)c1)C(=O)COc1cc(C)cc(C)c1C. The molecular weight excluding hydrogens is 459 g/mol. The summed E-state index contributed by atoms with van der Waals surface area (Å²) in [7, 11) is 0. The smallest absolute Gasteiger partial charge is 0.261 e. The molecule has 33 heavy (non-hydrogen) atoms. The Labute approximate surface area is 207 Å². The molecule has 1 atom stereocenters. The molecule has 0 unspecified atom stereocenters. The summed E-state index contributed by atoms with van der Waals surface area (Å²) >= 11 is 12.2. The summed E-state index contributed by atoms with van der Waals surface area (Å²) in [6.07, 6.45) is 2.34. The van der Waals surface area contributed by atoms with E-state index in [1.54, 1.807) is 17.0 Å². The lowest BCUT2D eigenvalue weighted by Gasteiger charge is -2.31. The molecule has 0 saturated carbocycles. The topological polar surface area (TPSA) is 58.6 Å². The van der Waals surface area contributed by atoms with E-state index < -0.39 is 6.04 Å². The monoisotopic (exact) mass is 492 g/mol. The van der Waals surface area contributed by atoms with Crippen molar-refractivity contribution in [2.45, 2.75) is 66.5 Å². The first-order valence-electron chi connectivity index (χ1n) is 11.4. The van der Waals surface area contributed by atoms with Gasteiger partial charge >= 0.3 is 0 Å². The highest BCUT2D eigenvalue weighted by molar-refractivity contribution is 6.42. The summed E-state index contributed by atoms with van der Waals surface area (Å²) in [5, 5.41) is 3.80. The molecule has 1 N–H and O–H groups in total. The van der Waals surface area contributed by atoms with E-state index in [0.717, 1.165) is 35.1 Å². The van der Waals surface area contributed by atoms with Gasteiger partial charge in [-0.15, -0.1) is 0 Å². The zero-order chi connectivity index (χ0) is 24.5. The highest BCUT2D eigenvalue weighted by atomic mass is 35.5. The van der Waals surface area contributed by atoms with Crippen molar-refractivity contribution in [2.24, 2.45) is 0 Å². The van der Waals surface area contributed by atoms with Crippen LogP contribution >= 0.6 is 23.2 Å². The molecule has 0 bridgehead atoms. The van der Waals surface area contributed by atoms with Crippen LogP contribution in [-0.4, -0.2) is 35.9 Å². The summed E-state index contributed by atoms with van der Waals surface area (Å²) in [5.41, 5.74) is 3.95. The standard InChI is InChI=1S/C26H34Cl2N2O3/c1-6-8-11-29-26(32)23(7-2)30(15-20-9-10-21(27)22(28)14-20)25(31)16-33-24-13-17(3)12-18(4)19(24)5/h9-10,12-14,23H,6-8,11,15-16H2,1-5H3,(H,29,32)/t23-/m0/s1. The first kappa shape index (κ1) is 27.0. The lowest BCUT2D eigenvalue weighted by Crippen LogP contribution is -2.50. The summed E-state index contributed by atoms with van der Waals surface area (Å²) in [5.74, 6) is 0.245. The molecule has 2 rings (SSSR count). The third-order valence-electron chi connectivity index (χ3n) is 5.67. The first-order valence-corrected chi connectivity index (χ1v) is 12.1. The average molecular weight is 493 g/mol. The van der Waals surface area contributed by atoms with Crippen LogP contribution in [0.2, 0.25) is 10.0 Å². The Morgan fingerprint density at radius 3 is 2.42 bits per heavy atom. The number of nitrogens with zero attached hydrogens (tertiary/aromatic N) is 1. The van der Waals surface area contributed by atoms with Crippen molar-refractivity contribution in [3.05, 3.63) is 62.6 Å². The highest BCUT2D eigenvalue weighted by Crippen LogP contribution is 2.25. The lowest BCUT2D eigenvalue weighted by atomic mass is 10.1. The number of benzene rings is 2. The molecule has 0 saturated heterocycles. The molecular formula is C26H34Cl2N2O3. The van der Waals surface area contributed by atoms with Crippen LogP contribution in [0.1, 0.15) is 55.4 Å². The maximum absolute atomic E-state index is 13.4. The molecule has 2 amide bonds. The fraction of sp³-hybridized carbons (Fsp3) is 0.462. The summed E-state index contributed by atoms with van der Waals surface area (Å²) in [6, 6.07) is 8.61. The Bertz CT molecular complexity index is 978. The van der Waals surface area contributed by atoms with Gasteiger partial charge in [0.1, 0.15) is 11.8 Å². The van der Waals surface area contributed by atoms with Crippen molar-refractivity contribution in [1.29, 1.82) is 0 Å². The van der Waals surface area contributed by atoms with E-state index in [4.69, 9.17) is 27.9 Å². The van der Waals surface area contributed by atoms with Gasteiger partial charge in [0.05, 0.1) is 10.0 Å². The first-order chi connectivity index (χ1) is 15.7. The van der Waals surface area contributed by atoms with E-state index in [9.17, 15) is 9.59 Å². The van der Waals surface area contributed by atoms with E-state index in [-0.39, 0.29) is 25.0 Å². The van der Waals surface area contributed by atoms with Crippen LogP contribution in [0, 0.1) is 20.8 Å². The van der Waals surface area contributed by atoms with Gasteiger partial charge in [-0.2, -0.15) is 0 Å². The van der Waals surface area contributed by atoms with E-state index in [0.29, 0.717) is 28.8 Å². The number of hydrogen-bond acceptors (Lipinski definition) is 3. The maximum atomic E-state index is 13.4. The van der Waals surface area contributed by atoms with Crippen molar-refractivity contribution in [3.8, 4) is 5.75 Å². The predicted octanol–water partition coefficient (Wildman–Crippen LogP) is 6.02. The van der Waals surface area contributed by atoms with Crippen LogP contribution in [0.5, 0.6) is 5.75 Å². The van der Waals surface area contributed by atoms with Gasteiger partial charge in [0.2, 0.25) is 5.91 Å². The Kier molecular flexibility index (Phi) is 10.5. The Hall–Kier alpha value is -2.24. The number of unbranched alkanes of at least 4 members (excludes halogenated alkanes) is 1. The molecule has 2 aromatic rings. The predicted molar refractivity (Wildman–Crippen MR) is 135 cm³/mol. The maximum Gasteiger partial charge on any atom is 0.261 e. The van der Waals surface area contributed by atoms with Crippen LogP contribution in [0.15, 0.2) is 30.3 Å². The van der Waals surface area contributed by atoms with Crippen molar-refractivity contribution in [1.82, 2.24) is 10.2 Å². The number of nitrogens with one attached hydrogen (secondary N) is 1. The fourth-order valence-electron chi connectivity index (χ4n) is 3.63. The van der Waals surface area contributed by atoms with Gasteiger partial charge < -0.3 is 15.0 Å². The molecule has 180 valence electrons. The molecule has 0 aliphatic heterocycles. The largest absolute Gasteiger partial charge is 0.483 e. The van der Waals surface area contributed by atoms with Crippen LogP contribution < -0.4 is 10.1 Å². The third kappa shape index (κ3) is 7.65. The van der Waals surface area contributed by atoms with E-state index in [1.165, 1.54) is 0 Å². The number of carbonyl (C=O) groups excluding carboxylic acids is 2. The van der Waals surface area contributed by atoms with Crippen molar-refractivity contribution < 1.29 is 14.3 Å². The molecule has 0 fully saturated rings. The minimum atomic E-state index is -0.618. The van der Waals surface area contributed by atoms with Crippen molar-refractivity contribution >= 4 is 35.0 Å². The van der Waals surface area contributed by atoms with Crippen molar-refractivity contribution in [2.75, 3.05) is 13.2 Å². The van der Waals surface area contributed by atoms with Crippen LogP contribution in [0.25, 0.3) is 0 Å². The third-order valence-corrected chi connectivity index (χ3v) is 6.41. The molecule has 0 spiro atoms. The number of rotatable bonds is 11. The second kappa shape index (κ2) is 12.9. The zero-order valence-corrected chi connectivity index (χ0v) is 21.6. The molecule has 2 aromatic carbocycles. The van der Waals surface area contributed by atoms with Crippen LogP contribution in [0.3, 0.4) is 0 Å². The lowest BCUT2D eigenvalue weighted by molar-refractivity contribution is -0.143. The van der Waals surface area contributed by atoms with E-state index >= 15 is 0 Å². The number of ether oxygens (including phenoxy) is 1. The Balaban J connectivity index is 2.26. The fourth-order valence-corrected chi connectivity index (χ4v) is 3.95. The van der Waals surface area contributed by atoms with Gasteiger partial charge in [0, 0.05) is 13.1 Å². The molecule has 7 heteroatoms. The van der Waals surface area contributed by atoms with E-state index in [2.05, 4.69) is 18.3 Å². The summed E-state index contributed by atoms with van der Waals surface area (Å²) < 4.78 is 5.92. The zero-order valence-electron chi connectivity index (χ0n) is 20.1. The number of aryl methyl sites for hydroxylation is 2. The Morgan fingerprint density at radius 2 is 1.79 bits per heavy atom. The van der Waals surface area contributed by atoms with Gasteiger partial charge in [-0.3, -0.25) is 9.59 Å². The second-order valence-corrected chi connectivity index (χ2v) is 9.15. The minimum absolute atomic E-state index is 0.163. The van der Waals surface area contributed by atoms with Crippen molar-refractivity contribution in [3.63, 3.8) is 0 Å². The molecule has 0 aliphatic rings. The molecule has 0 aliphatic carbocycles. The number of halogens is 2. The normalized spacial score (nSPS) is 11.7. The quantitative estimate of drug-likeness (QED) is 0.390. The number of hydrogen-bond donors (Lipinski definition) is 1. The minimum Gasteiger partial charge on any atom is -0.483 e. The van der Waals surface area contributed by atoms with Gasteiger partial charge in [-0.25, -0.2) is 0 Å². The number of amides is 2. The van der Waals surface area contributed by atoms with Crippen LogP contribution in [0.4, 0.5) is 0 Å². The number of carbonyl (C=O) groups is 2. The summed E-state index contributed by atoms with van der Waals surface area (Å²) in [4.78, 5) is 27.8. The van der Waals surface area contributed by atoms with Crippen LogP contribution in [-0.2, 0) is 16.1 Å². The van der Waals surface area contributed by atoms with E-state index in [1.807, 2.05) is 39.8 Å². The van der Waals surface area contributed by atoms with Gasteiger partial charge in [0.25, 0.3) is 5.91 Å². The van der Waals surface area contributed by atoms with Gasteiger partial charge in [-0.1, -0.05) is 55.6 Å². The Morgan fingerprint density at radius 1 is 1.06 bits per heavy atom. The average Bonchev–Trinajstić information content (AvgIpc) is 2.77. The highest BCUT2D eigenvalue weighted by Gasteiger charge is 2.29. The van der Waals surface area contributed by atoms with Gasteiger partial charge in [-0.05, 0) is 74.1 Å². The molecule has 0 heterocycles. The molecule has 0 radical (unpaired) electrons. The summed E-state index contributed by atoms with van der Waals surface area (Å²) in [6.45, 7) is 10.6. The molecule has 5 nitrogen and oxygen atoms in total. The second-order valence-electron chi connectivity index (χ2n) is 8.33. The molecule has 0 aromatic heterocycles.